The Bertz CT molecular complexity index is 1510. The first-order chi connectivity index (χ1) is 22.8. The molecular formula is C30H40Cl2O16S2. The maximum atomic E-state index is 11.6. The number of phenolic OH excluding ortho intramolecular Hbond substituents is 3. The van der Waals surface area contributed by atoms with Crippen molar-refractivity contribution in [1.29, 1.82) is 0 Å². The number of hydrogen-bond acceptors (Lipinski definition) is 15. The van der Waals surface area contributed by atoms with Crippen LogP contribution in [0.1, 0.15) is 53.8 Å². The number of carboxylic acids is 1. The third-order valence-electron chi connectivity index (χ3n) is 4.84. The zero-order chi connectivity index (χ0) is 38.0. The summed E-state index contributed by atoms with van der Waals surface area (Å²) in [6.45, 7) is 7.20. The molecule has 0 spiro atoms. The number of esters is 3. The molecule has 0 atom stereocenters. The fourth-order valence-corrected chi connectivity index (χ4v) is 3.13. The Kier molecular flexibility index (Phi) is 28.5. The van der Waals surface area contributed by atoms with Gasteiger partial charge in [0.2, 0.25) is 9.23 Å². The number of carbonyl (C=O) groups excluding carboxylic acids is 3. The van der Waals surface area contributed by atoms with Gasteiger partial charge in [0, 0.05) is 33.5 Å². The van der Waals surface area contributed by atoms with E-state index in [1.807, 2.05) is 0 Å². The molecule has 5 N–H and O–H groups in total. The summed E-state index contributed by atoms with van der Waals surface area (Å²) in [5.74, 6) is -3.88. The number of hydrogen-bond donors (Lipinski definition) is 5. The highest BCUT2D eigenvalue weighted by atomic mass is 36.0. The van der Waals surface area contributed by atoms with Crippen LogP contribution in [0.15, 0.2) is 61.7 Å². The van der Waals surface area contributed by atoms with Gasteiger partial charge in [-0.3, -0.25) is 4.18 Å². The van der Waals surface area contributed by atoms with E-state index in [2.05, 4.69) is 43.4 Å². The summed E-state index contributed by atoms with van der Waals surface area (Å²) in [6.07, 6.45) is 5.28. The molecule has 0 aromatic heterocycles. The van der Waals surface area contributed by atoms with Crippen LogP contribution < -0.4 is 0 Å². The van der Waals surface area contributed by atoms with Crippen molar-refractivity contribution in [3.05, 3.63) is 72.8 Å². The number of unbranched alkanes of at least 4 members (excludes halogenated alkanes) is 2. The largest absolute Gasteiger partial charge is 0.508 e. The Morgan fingerprint density at radius 3 is 1.46 bits per heavy atom. The maximum absolute atomic E-state index is 11.6. The van der Waals surface area contributed by atoms with E-state index in [4.69, 9.17) is 29.0 Å². The molecule has 2 rings (SSSR count). The van der Waals surface area contributed by atoms with Gasteiger partial charge in [-0.1, -0.05) is 20.6 Å². The molecule has 20 heteroatoms. The number of rotatable bonds is 15. The molecule has 0 amide bonds. The van der Waals surface area contributed by atoms with E-state index in [1.54, 1.807) is 0 Å². The van der Waals surface area contributed by atoms with E-state index in [0.29, 0.717) is 25.7 Å². The molecule has 0 aliphatic heterocycles. The maximum Gasteiger partial charge on any atom is 0.342 e. The fourth-order valence-electron chi connectivity index (χ4n) is 2.71. The minimum Gasteiger partial charge on any atom is -0.508 e. The quantitative estimate of drug-likeness (QED) is 0.0311. The average molecular weight is 792 g/mol. The van der Waals surface area contributed by atoms with Crippen LogP contribution >= 0.6 is 21.4 Å². The lowest BCUT2D eigenvalue weighted by molar-refractivity contribution is -0.138. The lowest BCUT2D eigenvalue weighted by Gasteiger charge is -2.07. The molecule has 0 fully saturated rings. The van der Waals surface area contributed by atoms with Crippen molar-refractivity contribution >= 4 is 64.6 Å². The first-order valence-corrected chi connectivity index (χ1v) is 18.1. The van der Waals surface area contributed by atoms with Gasteiger partial charge in [-0.05, 0) is 62.1 Å². The number of phenols is 4. The van der Waals surface area contributed by atoms with Crippen molar-refractivity contribution in [1.82, 2.24) is 0 Å². The smallest absolute Gasteiger partial charge is 0.342 e. The van der Waals surface area contributed by atoms with Gasteiger partial charge in [0.05, 0.1) is 32.7 Å². The van der Waals surface area contributed by atoms with E-state index < -0.39 is 43.2 Å². The molecule has 0 bridgehead atoms. The summed E-state index contributed by atoms with van der Waals surface area (Å²) in [7, 11) is 4.00. The third-order valence-corrected chi connectivity index (χ3v) is 5.44. The number of carbonyl (C=O) groups is 4. The van der Waals surface area contributed by atoms with Gasteiger partial charge < -0.3 is 39.7 Å². The number of benzene rings is 2. The third kappa shape index (κ3) is 28.6. The molecule has 0 aliphatic carbocycles. The molecule has 0 radical (unpaired) electrons. The highest BCUT2D eigenvalue weighted by molar-refractivity contribution is 8.26. The van der Waals surface area contributed by atoms with Crippen LogP contribution in [0, 0.1) is 0 Å². The van der Waals surface area contributed by atoms with Crippen LogP contribution in [0.4, 0.5) is 0 Å². The molecule has 0 aliphatic rings. The van der Waals surface area contributed by atoms with Crippen LogP contribution in [0.5, 0.6) is 23.0 Å². The zero-order valence-electron chi connectivity index (χ0n) is 26.0. The Hall–Kier alpha value is -4.36. The summed E-state index contributed by atoms with van der Waals surface area (Å²) in [6, 6.07) is 6.92. The van der Waals surface area contributed by atoms with Gasteiger partial charge in [-0.15, -0.1) is 0 Å². The summed E-state index contributed by atoms with van der Waals surface area (Å²) in [4.78, 5) is 43.2. The second kappa shape index (κ2) is 28.5. The monoisotopic (exact) mass is 790 g/mol. The van der Waals surface area contributed by atoms with E-state index in [9.17, 15) is 37.8 Å². The zero-order valence-corrected chi connectivity index (χ0v) is 29.1. The number of aromatic carboxylic acids is 1. The van der Waals surface area contributed by atoms with Crippen LogP contribution in [-0.4, -0.2) is 94.7 Å². The van der Waals surface area contributed by atoms with E-state index >= 15 is 0 Å². The Morgan fingerprint density at radius 2 is 1.10 bits per heavy atom. The highest BCUT2D eigenvalue weighted by Gasteiger charge is 2.13. The molecule has 0 heterocycles. The van der Waals surface area contributed by atoms with Gasteiger partial charge in [-0.25, -0.2) is 23.4 Å². The lowest BCUT2D eigenvalue weighted by Crippen LogP contribution is -2.08. The van der Waals surface area contributed by atoms with Crippen molar-refractivity contribution in [2.45, 2.75) is 33.1 Å². The highest BCUT2D eigenvalue weighted by Crippen LogP contribution is 2.23. The number of aromatic hydroxyl groups is 4. The normalized spacial score (nSPS) is 9.76. The molecule has 0 saturated carbocycles. The Labute approximate surface area is 301 Å². The van der Waals surface area contributed by atoms with Crippen LogP contribution in [0.2, 0.25) is 0 Å². The van der Waals surface area contributed by atoms with E-state index in [0.717, 1.165) is 36.6 Å². The molecule has 16 nitrogen and oxygen atoms in total. The molecule has 282 valence electrons. The lowest BCUT2D eigenvalue weighted by atomic mass is 10.2. The first kappa shape index (κ1) is 50.0. The topological polar surface area (TPSA) is 258 Å². The van der Waals surface area contributed by atoms with Gasteiger partial charge in [0.15, 0.2) is 0 Å². The van der Waals surface area contributed by atoms with Crippen molar-refractivity contribution in [3.63, 3.8) is 0 Å². The van der Waals surface area contributed by atoms with Crippen molar-refractivity contribution in [3.8, 4) is 23.0 Å². The van der Waals surface area contributed by atoms with Crippen molar-refractivity contribution < 1.29 is 75.7 Å². The summed E-state index contributed by atoms with van der Waals surface area (Å²) < 4.78 is 48.9. The Balaban J connectivity index is -0.000000646. The van der Waals surface area contributed by atoms with Crippen LogP contribution in [0.3, 0.4) is 0 Å². The predicted octanol–water partition coefficient (Wildman–Crippen LogP) is 4.71. The molecule has 2 aromatic carbocycles. The summed E-state index contributed by atoms with van der Waals surface area (Å²) in [5.41, 5.74) is -0.395. The SMILES string of the molecule is C.C=CC(=O)OCCCCOC(=O)c1cc(O)ccc1O.C=CC(=O)OCCCCOS(C)(=O)=O.O=C(O)c1cc(O)ccc1O.O=S(Cl)Cl. The van der Waals surface area contributed by atoms with Gasteiger partial charge in [0.25, 0.3) is 10.1 Å². The van der Waals surface area contributed by atoms with Gasteiger partial charge in [0.1, 0.15) is 34.1 Å². The molecule has 50 heavy (non-hydrogen) atoms. The standard InChI is InChI=1S/C14H16O6.C8H14O5S.C7H6O4.CH4.Cl2OS/c1-2-13(17)19-7-3-4-8-20-14(18)11-9-10(15)5-6-12(11)16;1-3-8(9)12-6-4-5-7-13-14(2,10)11;8-4-1-2-6(9)5(3-4)7(10)11;;1-4(2)3/h2,5-6,9,15-16H,1,3-4,7-8H2;3H,1,4-7H2,2H3;1-3,8-9H,(H,10,11);1H4;. The first-order valence-electron chi connectivity index (χ1n) is 13.5. The molecule has 0 unspecified atom stereocenters. The molecular weight excluding hydrogens is 751 g/mol. The summed E-state index contributed by atoms with van der Waals surface area (Å²) in [5, 5.41) is 44.8. The fraction of sp³-hybridized carbons (Fsp3) is 0.333. The number of ether oxygens (including phenoxy) is 3. The molecule has 0 saturated heterocycles. The predicted molar refractivity (Wildman–Crippen MR) is 185 cm³/mol. The van der Waals surface area contributed by atoms with Crippen LogP contribution in [0.25, 0.3) is 0 Å². The van der Waals surface area contributed by atoms with Crippen molar-refractivity contribution in [2.75, 3.05) is 32.7 Å². The average Bonchev–Trinajstić information content (AvgIpc) is 3.02. The second-order valence-corrected chi connectivity index (χ2v) is 12.9. The second-order valence-electron chi connectivity index (χ2n) is 8.71. The molecule has 2 aromatic rings. The van der Waals surface area contributed by atoms with Crippen LogP contribution in [-0.2, 0) is 47.3 Å². The minimum atomic E-state index is -3.36. The van der Waals surface area contributed by atoms with Crippen molar-refractivity contribution in [2.24, 2.45) is 0 Å². The minimum absolute atomic E-state index is 0. The van der Waals surface area contributed by atoms with Gasteiger partial charge >= 0.3 is 23.9 Å². The number of halogens is 2. The Morgan fingerprint density at radius 1 is 0.740 bits per heavy atom. The van der Waals surface area contributed by atoms with E-state index in [-0.39, 0.29) is 68.0 Å². The number of carboxylic acid groups (broad SMARTS) is 1. The summed E-state index contributed by atoms with van der Waals surface area (Å²) >= 11 is 0. The van der Waals surface area contributed by atoms with Gasteiger partial charge in [-0.2, -0.15) is 8.42 Å². The van der Waals surface area contributed by atoms with E-state index in [1.165, 1.54) is 18.2 Å².